The summed E-state index contributed by atoms with van der Waals surface area (Å²) in [6.07, 6.45) is 0. The van der Waals surface area contributed by atoms with Gasteiger partial charge in [0.2, 0.25) is 0 Å². The number of hydrogen-bond acceptors (Lipinski definition) is 4. The van der Waals surface area contributed by atoms with Crippen LogP contribution in [0.25, 0.3) is 0 Å². The van der Waals surface area contributed by atoms with Crippen molar-refractivity contribution in [1.29, 1.82) is 0 Å². The summed E-state index contributed by atoms with van der Waals surface area (Å²) >= 11 is 5.67. The Morgan fingerprint density at radius 2 is 1.74 bits per heavy atom. The number of sulfonamides is 1. The number of halogens is 1. The van der Waals surface area contributed by atoms with E-state index in [0.29, 0.717) is 18.1 Å². The van der Waals surface area contributed by atoms with Gasteiger partial charge in [0, 0.05) is 18.1 Å². The number of carbonyl (C=O) groups is 1. The van der Waals surface area contributed by atoms with Crippen LogP contribution in [-0.4, -0.2) is 32.5 Å². The molecule has 0 fully saturated rings. The number of nitrogens with one attached hydrogen (secondary N) is 2. The maximum atomic E-state index is 11.9. The Labute approximate surface area is 117 Å². The lowest BCUT2D eigenvalue weighted by atomic mass is 10.4. The van der Waals surface area contributed by atoms with Crippen LogP contribution in [0.15, 0.2) is 29.2 Å². The quantitative estimate of drug-likeness (QED) is 0.810. The van der Waals surface area contributed by atoms with E-state index in [9.17, 15) is 13.2 Å². The van der Waals surface area contributed by atoms with Crippen molar-refractivity contribution >= 4 is 27.7 Å². The Hall–Kier alpha value is -1.31. The molecule has 6 nitrogen and oxygen atoms in total. The lowest BCUT2D eigenvalue weighted by Gasteiger charge is -2.19. The fraction of sp³-hybridized carbons (Fsp3) is 0.364. The summed E-state index contributed by atoms with van der Waals surface area (Å²) in [5.41, 5.74) is 2.43. The molecule has 0 aliphatic rings. The van der Waals surface area contributed by atoms with Crippen LogP contribution in [0.1, 0.15) is 13.8 Å². The molecule has 0 bridgehead atoms. The molecule has 0 aromatic heterocycles. The predicted molar refractivity (Wildman–Crippen MR) is 73.2 cm³/mol. The molecule has 8 heteroatoms. The molecule has 0 saturated heterocycles. The zero-order chi connectivity index (χ0) is 14.5. The highest BCUT2D eigenvalue weighted by atomic mass is 35.5. The third-order valence-electron chi connectivity index (χ3n) is 2.37. The molecule has 0 heterocycles. The largest absolute Gasteiger partial charge is 0.343 e. The predicted octanol–water partition coefficient (Wildman–Crippen LogP) is 1.58. The van der Waals surface area contributed by atoms with Crippen molar-refractivity contribution in [3.8, 4) is 0 Å². The van der Waals surface area contributed by atoms with E-state index < -0.39 is 16.1 Å². The first kappa shape index (κ1) is 15.7. The lowest BCUT2D eigenvalue weighted by molar-refractivity contribution is 0.191. The minimum absolute atomic E-state index is 0.0217. The van der Waals surface area contributed by atoms with E-state index in [1.165, 1.54) is 24.3 Å². The van der Waals surface area contributed by atoms with Gasteiger partial charge in [0.05, 0.1) is 4.90 Å². The monoisotopic (exact) mass is 305 g/mol. The molecule has 0 atom stereocenters. The molecule has 106 valence electrons. The fourth-order valence-electron chi connectivity index (χ4n) is 1.34. The van der Waals surface area contributed by atoms with Gasteiger partial charge in [-0.25, -0.2) is 22.9 Å². The van der Waals surface area contributed by atoms with Gasteiger partial charge in [0.1, 0.15) is 0 Å². The average molecular weight is 306 g/mol. The van der Waals surface area contributed by atoms with E-state index >= 15 is 0 Å². The highest BCUT2D eigenvalue weighted by Gasteiger charge is 2.18. The summed E-state index contributed by atoms with van der Waals surface area (Å²) in [4.78, 5) is 11.5. The number of hydrogen-bond donors (Lipinski definition) is 2. The van der Waals surface area contributed by atoms with Gasteiger partial charge in [-0.2, -0.15) is 0 Å². The van der Waals surface area contributed by atoms with Gasteiger partial charge < -0.3 is 0 Å². The Kier molecular flexibility index (Phi) is 5.59. The number of urea groups is 1. The van der Waals surface area contributed by atoms with Gasteiger partial charge in [-0.05, 0) is 24.3 Å². The van der Waals surface area contributed by atoms with E-state index in [2.05, 4.69) is 5.43 Å². The van der Waals surface area contributed by atoms with E-state index in [0.717, 1.165) is 0 Å². The van der Waals surface area contributed by atoms with Gasteiger partial charge in [0.25, 0.3) is 10.0 Å². The van der Waals surface area contributed by atoms with Gasteiger partial charge in [-0.1, -0.05) is 25.4 Å². The Morgan fingerprint density at radius 3 is 2.21 bits per heavy atom. The molecule has 0 aliphatic heterocycles. The van der Waals surface area contributed by atoms with Gasteiger partial charge in [0.15, 0.2) is 0 Å². The third kappa shape index (κ3) is 4.70. The molecule has 0 saturated carbocycles. The van der Waals surface area contributed by atoms with Crippen molar-refractivity contribution in [2.75, 3.05) is 13.1 Å². The second-order valence-electron chi connectivity index (χ2n) is 3.67. The first-order chi connectivity index (χ1) is 8.89. The Morgan fingerprint density at radius 1 is 1.21 bits per heavy atom. The van der Waals surface area contributed by atoms with E-state index in [1.807, 2.05) is 18.6 Å². The van der Waals surface area contributed by atoms with Crippen LogP contribution in [0.4, 0.5) is 4.79 Å². The maximum Gasteiger partial charge on any atom is 0.343 e. The maximum absolute atomic E-state index is 11.9. The van der Waals surface area contributed by atoms with E-state index in [4.69, 9.17) is 11.6 Å². The molecule has 0 aliphatic carbocycles. The van der Waals surface area contributed by atoms with E-state index in [1.54, 1.807) is 5.01 Å². The van der Waals surface area contributed by atoms with Crippen LogP contribution < -0.4 is 10.1 Å². The van der Waals surface area contributed by atoms with Crippen molar-refractivity contribution in [3.63, 3.8) is 0 Å². The highest BCUT2D eigenvalue weighted by molar-refractivity contribution is 7.90. The number of carbonyl (C=O) groups excluding carboxylic acids is 1. The van der Waals surface area contributed by atoms with Crippen molar-refractivity contribution in [2.24, 2.45) is 0 Å². The van der Waals surface area contributed by atoms with Crippen LogP contribution in [0.3, 0.4) is 0 Å². The molecule has 2 amide bonds. The topological polar surface area (TPSA) is 78.5 Å². The molecular formula is C11H16ClN3O3S. The summed E-state index contributed by atoms with van der Waals surface area (Å²) < 4.78 is 25.7. The molecule has 1 aromatic rings. The third-order valence-corrected chi connectivity index (χ3v) is 3.97. The molecule has 0 radical (unpaired) electrons. The van der Waals surface area contributed by atoms with Crippen molar-refractivity contribution in [1.82, 2.24) is 15.2 Å². The minimum atomic E-state index is -3.89. The molecule has 1 rings (SSSR count). The molecule has 0 unspecified atom stereocenters. The van der Waals surface area contributed by atoms with Crippen LogP contribution in [0, 0.1) is 0 Å². The first-order valence-corrected chi connectivity index (χ1v) is 7.59. The molecule has 1 aromatic carbocycles. The van der Waals surface area contributed by atoms with Crippen molar-refractivity contribution < 1.29 is 13.2 Å². The summed E-state index contributed by atoms with van der Waals surface area (Å²) in [7, 11) is -3.89. The molecule has 19 heavy (non-hydrogen) atoms. The lowest BCUT2D eigenvalue weighted by Crippen LogP contribution is -2.48. The number of nitrogens with zero attached hydrogens (tertiary/aromatic N) is 1. The number of rotatable bonds is 5. The van der Waals surface area contributed by atoms with Gasteiger partial charge >= 0.3 is 6.03 Å². The van der Waals surface area contributed by atoms with Crippen molar-refractivity contribution in [3.05, 3.63) is 29.3 Å². The van der Waals surface area contributed by atoms with Crippen LogP contribution >= 0.6 is 11.6 Å². The molecule has 2 N–H and O–H groups in total. The second kappa shape index (κ2) is 6.74. The second-order valence-corrected chi connectivity index (χ2v) is 5.79. The summed E-state index contributed by atoms with van der Waals surface area (Å²) in [6, 6.07) is 4.75. The Bertz CT molecular complexity index is 527. The highest BCUT2D eigenvalue weighted by Crippen LogP contribution is 2.13. The van der Waals surface area contributed by atoms with Crippen molar-refractivity contribution in [2.45, 2.75) is 18.7 Å². The number of amides is 2. The zero-order valence-corrected chi connectivity index (χ0v) is 12.3. The van der Waals surface area contributed by atoms with Crippen LogP contribution in [-0.2, 0) is 10.0 Å². The number of hydrazine groups is 1. The molecule has 0 spiro atoms. The SMILES string of the molecule is CCN(CC)NC(=O)NS(=O)(=O)c1ccc(Cl)cc1. The van der Waals surface area contributed by atoms with E-state index in [-0.39, 0.29) is 4.90 Å². The van der Waals surface area contributed by atoms with Crippen LogP contribution in [0.2, 0.25) is 5.02 Å². The van der Waals surface area contributed by atoms with Gasteiger partial charge in [-0.15, -0.1) is 0 Å². The Balaban J connectivity index is 2.74. The average Bonchev–Trinajstić information content (AvgIpc) is 2.35. The standard InChI is InChI=1S/C11H16ClN3O3S/c1-3-15(4-2)13-11(16)14-19(17,18)10-7-5-9(12)6-8-10/h5-8H,3-4H2,1-2H3,(H2,13,14,16). The smallest absolute Gasteiger partial charge is 0.270 e. The summed E-state index contributed by atoms with van der Waals surface area (Å²) in [5.74, 6) is 0. The van der Waals surface area contributed by atoms with Crippen LogP contribution in [0.5, 0.6) is 0 Å². The first-order valence-electron chi connectivity index (χ1n) is 5.73. The fourth-order valence-corrected chi connectivity index (χ4v) is 2.37. The number of benzene rings is 1. The summed E-state index contributed by atoms with van der Waals surface area (Å²) in [6.45, 7) is 4.84. The minimum Gasteiger partial charge on any atom is -0.270 e. The normalized spacial score (nSPS) is 11.4. The van der Waals surface area contributed by atoms with Gasteiger partial charge in [-0.3, -0.25) is 5.43 Å². The zero-order valence-electron chi connectivity index (χ0n) is 10.7. The summed E-state index contributed by atoms with van der Waals surface area (Å²) in [5, 5.41) is 2.00. The molecular weight excluding hydrogens is 290 g/mol.